The normalized spacial score (nSPS) is 17.0. The number of hydrogen-bond acceptors (Lipinski definition) is 3. The van der Waals surface area contributed by atoms with Crippen LogP contribution in [0.25, 0.3) is 0 Å². The standard InChI is InChI=1S/C17H26N2O2S/c1-4-9-18-16(20)12-7-8-14-13(10-12)11-15(22-14)17(21)19(5-2)6-3/h11-12H,4-10H2,1-3H3,(H,18,20). The number of thiophene rings is 1. The fourth-order valence-electron chi connectivity index (χ4n) is 2.91. The summed E-state index contributed by atoms with van der Waals surface area (Å²) in [5.41, 5.74) is 1.20. The molecular formula is C17H26N2O2S. The Kier molecular flexibility index (Phi) is 6.00. The Labute approximate surface area is 136 Å². The van der Waals surface area contributed by atoms with Crippen LogP contribution in [-0.4, -0.2) is 36.3 Å². The molecule has 22 heavy (non-hydrogen) atoms. The number of rotatable bonds is 6. The summed E-state index contributed by atoms with van der Waals surface area (Å²) in [5, 5.41) is 2.99. The van der Waals surface area contributed by atoms with Crippen LogP contribution in [0.2, 0.25) is 0 Å². The molecule has 2 rings (SSSR count). The number of carbonyl (C=O) groups is 2. The molecule has 0 bridgehead atoms. The van der Waals surface area contributed by atoms with E-state index >= 15 is 0 Å². The van der Waals surface area contributed by atoms with Crippen molar-refractivity contribution in [3.05, 3.63) is 21.4 Å². The topological polar surface area (TPSA) is 49.4 Å². The lowest BCUT2D eigenvalue weighted by Gasteiger charge is -2.21. The first kappa shape index (κ1) is 17.0. The second-order valence-corrected chi connectivity index (χ2v) is 6.90. The summed E-state index contributed by atoms with van der Waals surface area (Å²) in [5.74, 6) is 0.344. The minimum atomic E-state index is 0.0602. The van der Waals surface area contributed by atoms with Gasteiger partial charge in [-0.25, -0.2) is 0 Å². The maximum atomic E-state index is 12.4. The molecule has 5 heteroatoms. The molecule has 0 aromatic carbocycles. The van der Waals surface area contributed by atoms with Crippen molar-refractivity contribution >= 4 is 23.2 Å². The minimum absolute atomic E-state index is 0.0602. The van der Waals surface area contributed by atoms with Crippen LogP contribution in [-0.2, 0) is 17.6 Å². The first-order valence-corrected chi connectivity index (χ1v) is 9.10. The van der Waals surface area contributed by atoms with E-state index in [9.17, 15) is 9.59 Å². The van der Waals surface area contributed by atoms with Crippen molar-refractivity contribution in [1.82, 2.24) is 10.2 Å². The van der Waals surface area contributed by atoms with Gasteiger partial charge in [-0.1, -0.05) is 6.92 Å². The monoisotopic (exact) mass is 322 g/mol. The fourth-order valence-corrected chi connectivity index (χ4v) is 4.09. The lowest BCUT2D eigenvalue weighted by atomic mass is 9.87. The van der Waals surface area contributed by atoms with Crippen LogP contribution in [0.3, 0.4) is 0 Å². The van der Waals surface area contributed by atoms with Crippen molar-refractivity contribution in [2.24, 2.45) is 5.92 Å². The van der Waals surface area contributed by atoms with Crippen molar-refractivity contribution < 1.29 is 9.59 Å². The van der Waals surface area contributed by atoms with Crippen molar-refractivity contribution in [1.29, 1.82) is 0 Å². The van der Waals surface area contributed by atoms with E-state index in [1.54, 1.807) is 11.3 Å². The van der Waals surface area contributed by atoms with Gasteiger partial charge in [-0.05, 0) is 51.2 Å². The van der Waals surface area contributed by atoms with Gasteiger partial charge in [0.05, 0.1) is 4.88 Å². The minimum Gasteiger partial charge on any atom is -0.356 e. The number of fused-ring (bicyclic) bond motifs is 1. The van der Waals surface area contributed by atoms with Crippen LogP contribution >= 0.6 is 11.3 Å². The van der Waals surface area contributed by atoms with E-state index < -0.39 is 0 Å². The van der Waals surface area contributed by atoms with E-state index in [0.717, 1.165) is 50.2 Å². The summed E-state index contributed by atoms with van der Waals surface area (Å²) in [7, 11) is 0. The van der Waals surface area contributed by atoms with Gasteiger partial charge in [-0.2, -0.15) is 0 Å². The highest BCUT2D eigenvalue weighted by molar-refractivity contribution is 7.14. The number of aryl methyl sites for hydroxylation is 1. The molecule has 0 spiro atoms. The third kappa shape index (κ3) is 3.69. The molecule has 1 aliphatic carbocycles. The zero-order valence-electron chi connectivity index (χ0n) is 13.8. The molecule has 1 N–H and O–H groups in total. The third-order valence-electron chi connectivity index (χ3n) is 4.26. The Balaban J connectivity index is 2.07. The molecule has 1 aromatic heterocycles. The second-order valence-electron chi connectivity index (χ2n) is 5.77. The summed E-state index contributed by atoms with van der Waals surface area (Å²) >= 11 is 1.61. The smallest absolute Gasteiger partial charge is 0.263 e. The molecular weight excluding hydrogens is 296 g/mol. The van der Waals surface area contributed by atoms with Gasteiger partial charge >= 0.3 is 0 Å². The molecule has 122 valence electrons. The van der Waals surface area contributed by atoms with Gasteiger partial charge in [0.25, 0.3) is 5.91 Å². The van der Waals surface area contributed by atoms with Crippen molar-refractivity contribution in [2.45, 2.75) is 46.5 Å². The molecule has 1 unspecified atom stereocenters. The zero-order chi connectivity index (χ0) is 16.1. The summed E-state index contributed by atoms with van der Waals surface area (Å²) in [6.07, 6.45) is 3.54. The average Bonchev–Trinajstić information content (AvgIpc) is 2.96. The number of amides is 2. The summed E-state index contributed by atoms with van der Waals surface area (Å²) in [4.78, 5) is 28.5. The number of hydrogen-bond donors (Lipinski definition) is 1. The molecule has 1 heterocycles. The highest BCUT2D eigenvalue weighted by atomic mass is 32.1. The van der Waals surface area contributed by atoms with E-state index in [0.29, 0.717) is 0 Å². The predicted octanol–water partition coefficient (Wildman–Crippen LogP) is 2.86. The highest BCUT2D eigenvalue weighted by Gasteiger charge is 2.27. The van der Waals surface area contributed by atoms with Crippen molar-refractivity contribution in [2.75, 3.05) is 19.6 Å². The van der Waals surface area contributed by atoms with E-state index in [2.05, 4.69) is 12.2 Å². The molecule has 1 aromatic rings. The van der Waals surface area contributed by atoms with Gasteiger partial charge in [-0.15, -0.1) is 11.3 Å². The second kappa shape index (κ2) is 7.77. The number of nitrogens with zero attached hydrogens (tertiary/aromatic N) is 1. The van der Waals surface area contributed by atoms with E-state index in [-0.39, 0.29) is 17.7 Å². The van der Waals surface area contributed by atoms with Gasteiger partial charge in [-0.3, -0.25) is 9.59 Å². The van der Waals surface area contributed by atoms with Gasteiger partial charge in [0.1, 0.15) is 0 Å². The van der Waals surface area contributed by atoms with Crippen LogP contribution in [0.5, 0.6) is 0 Å². The molecule has 4 nitrogen and oxygen atoms in total. The van der Waals surface area contributed by atoms with E-state index in [1.807, 2.05) is 24.8 Å². The van der Waals surface area contributed by atoms with Crippen LogP contribution in [0.4, 0.5) is 0 Å². The summed E-state index contributed by atoms with van der Waals surface area (Å²) < 4.78 is 0. The van der Waals surface area contributed by atoms with Gasteiger partial charge in [0, 0.05) is 30.4 Å². The van der Waals surface area contributed by atoms with Crippen LogP contribution in [0.15, 0.2) is 6.07 Å². The number of carbonyl (C=O) groups excluding carboxylic acids is 2. The highest BCUT2D eigenvalue weighted by Crippen LogP contribution is 2.33. The van der Waals surface area contributed by atoms with Gasteiger partial charge in [0.2, 0.25) is 5.91 Å². The predicted molar refractivity (Wildman–Crippen MR) is 90.4 cm³/mol. The third-order valence-corrected chi connectivity index (χ3v) is 5.49. The molecule has 0 saturated heterocycles. The van der Waals surface area contributed by atoms with Crippen LogP contribution < -0.4 is 5.32 Å². The van der Waals surface area contributed by atoms with E-state index in [4.69, 9.17) is 0 Å². The lowest BCUT2D eigenvalue weighted by Crippen LogP contribution is -2.34. The maximum absolute atomic E-state index is 12.4. The summed E-state index contributed by atoms with van der Waals surface area (Å²) in [6.45, 7) is 8.28. The molecule has 0 radical (unpaired) electrons. The Morgan fingerprint density at radius 1 is 1.32 bits per heavy atom. The molecule has 0 aliphatic heterocycles. The molecule has 0 fully saturated rings. The van der Waals surface area contributed by atoms with Crippen LogP contribution in [0, 0.1) is 5.92 Å². The van der Waals surface area contributed by atoms with Gasteiger partial charge < -0.3 is 10.2 Å². The quantitative estimate of drug-likeness (QED) is 0.875. The Morgan fingerprint density at radius 3 is 2.68 bits per heavy atom. The first-order chi connectivity index (χ1) is 10.6. The average molecular weight is 322 g/mol. The maximum Gasteiger partial charge on any atom is 0.263 e. The lowest BCUT2D eigenvalue weighted by molar-refractivity contribution is -0.125. The summed E-state index contributed by atoms with van der Waals surface area (Å²) in [6, 6.07) is 2.01. The van der Waals surface area contributed by atoms with Gasteiger partial charge in [0.15, 0.2) is 0 Å². The zero-order valence-corrected chi connectivity index (χ0v) is 14.6. The SMILES string of the molecule is CCCNC(=O)C1CCc2sc(C(=O)N(CC)CC)cc2C1. The molecule has 2 amide bonds. The Bertz CT molecular complexity index is 535. The Hall–Kier alpha value is -1.36. The van der Waals surface area contributed by atoms with Crippen molar-refractivity contribution in [3.8, 4) is 0 Å². The van der Waals surface area contributed by atoms with Crippen LogP contribution in [0.1, 0.15) is 53.7 Å². The molecule has 1 aliphatic rings. The Morgan fingerprint density at radius 2 is 2.05 bits per heavy atom. The van der Waals surface area contributed by atoms with Crippen molar-refractivity contribution in [3.63, 3.8) is 0 Å². The fraction of sp³-hybridized carbons (Fsp3) is 0.647. The molecule has 0 saturated carbocycles. The molecule has 1 atom stereocenters. The van der Waals surface area contributed by atoms with E-state index in [1.165, 1.54) is 10.4 Å². The first-order valence-electron chi connectivity index (χ1n) is 8.29. The number of nitrogens with one attached hydrogen (secondary N) is 1. The largest absolute Gasteiger partial charge is 0.356 e.